The third-order valence-electron chi connectivity index (χ3n) is 5.40. The van der Waals surface area contributed by atoms with Gasteiger partial charge >= 0.3 is 5.97 Å². The normalized spacial score (nSPS) is 13.8. The molecular weight excluding hydrogens is 442 g/mol. The third-order valence-corrected chi connectivity index (χ3v) is 6.20. The highest BCUT2D eigenvalue weighted by Gasteiger charge is 2.25. The van der Waals surface area contributed by atoms with Gasteiger partial charge in [-0.15, -0.1) is 0 Å². The number of fused-ring (bicyclic) bond motifs is 1. The maximum absolute atomic E-state index is 12.1. The minimum absolute atomic E-state index is 0.111. The van der Waals surface area contributed by atoms with Crippen molar-refractivity contribution in [3.8, 4) is 17.0 Å². The Morgan fingerprint density at radius 2 is 2.00 bits per heavy atom. The fraction of sp³-hybridized carbons (Fsp3) is 0.400. The molecule has 1 aliphatic rings. The Morgan fingerprint density at radius 1 is 1.20 bits per heavy atom. The van der Waals surface area contributed by atoms with Crippen molar-refractivity contribution < 1.29 is 14.3 Å². The van der Waals surface area contributed by atoms with E-state index in [1.807, 2.05) is 32.9 Å². The van der Waals surface area contributed by atoms with Crippen LogP contribution in [-0.2, 0) is 16.1 Å². The van der Waals surface area contributed by atoms with Crippen molar-refractivity contribution in [2.45, 2.75) is 58.6 Å². The van der Waals surface area contributed by atoms with Gasteiger partial charge in [0.25, 0.3) is 0 Å². The van der Waals surface area contributed by atoms with Crippen LogP contribution in [0.5, 0.6) is 5.75 Å². The number of benzene rings is 2. The van der Waals surface area contributed by atoms with Gasteiger partial charge in [0, 0.05) is 23.0 Å². The lowest BCUT2D eigenvalue weighted by atomic mass is 10.1. The molecule has 4 rings (SSSR count). The first kappa shape index (κ1) is 21.0. The van der Waals surface area contributed by atoms with E-state index in [4.69, 9.17) is 9.47 Å². The summed E-state index contributed by atoms with van der Waals surface area (Å²) in [6.45, 7) is 6.86. The Hall–Kier alpha value is -2.27. The molecule has 1 heterocycles. The number of hydrogen-bond acceptors (Lipinski definition) is 3. The number of halogens is 1. The van der Waals surface area contributed by atoms with Crippen molar-refractivity contribution >= 4 is 32.8 Å². The van der Waals surface area contributed by atoms with Crippen LogP contribution in [0.1, 0.15) is 51.5 Å². The van der Waals surface area contributed by atoms with Gasteiger partial charge in [-0.3, -0.25) is 4.79 Å². The first-order valence-corrected chi connectivity index (χ1v) is 11.5. The summed E-state index contributed by atoms with van der Waals surface area (Å²) in [5, 5.41) is 1.19. The molecule has 2 aromatic carbocycles. The molecule has 1 fully saturated rings. The average molecular weight is 470 g/mol. The Bertz CT molecular complexity index is 1070. The predicted molar refractivity (Wildman–Crippen MR) is 124 cm³/mol. The smallest absolute Gasteiger partial charge is 0.307 e. The first-order valence-electron chi connectivity index (χ1n) is 10.7. The van der Waals surface area contributed by atoms with Crippen molar-refractivity contribution in [1.29, 1.82) is 0 Å². The number of nitrogens with zero attached hydrogens (tertiary/aromatic N) is 1. The summed E-state index contributed by atoms with van der Waals surface area (Å²) in [5.41, 5.74) is 4.65. The van der Waals surface area contributed by atoms with Crippen molar-refractivity contribution in [3.63, 3.8) is 0 Å². The van der Waals surface area contributed by atoms with Crippen LogP contribution in [0.15, 0.2) is 46.9 Å². The second-order valence-electron chi connectivity index (χ2n) is 8.11. The highest BCUT2D eigenvalue weighted by molar-refractivity contribution is 9.10. The van der Waals surface area contributed by atoms with Crippen LogP contribution in [0.2, 0.25) is 0 Å². The van der Waals surface area contributed by atoms with Crippen LogP contribution >= 0.6 is 15.9 Å². The summed E-state index contributed by atoms with van der Waals surface area (Å²) in [7, 11) is 0. The highest BCUT2D eigenvalue weighted by atomic mass is 79.9. The lowest BCUT2D eigenvalue weighted by Crippen LogP contribution is -2.10. The summed E-state index contributed by atoms with van der Waals surface area (Å²) >= 11 is 3.88. The molecule has 0 unspecified atom stereocenters. The third kappa shape index (κ3) is 4.41. The first-order chi connectivity index (χ1) is 14.5. The van der Waals surface area contributed by atoms with Crippen molar-refractivity contribution in [1.82, 2.24) is 4.57 Å². The van der Waals surface area contributed by atoms with Crippen LogP contribution in [0.4, 0.5) is 0 Å². The molecule has 0 N–H and O–H groups in total. The molecule has 0 spiro atoms. The lowest BCUT2D eigenvalue weighted by molar-refractivity contribution is -0.143. The molecule has 1 aromatic heterocycles. The standard InChI is InChI=1S/C25H28BrNO3/c1-4-29-23(28)12-13-27-22-11-10-18(17-8-9-17)15-21(22)24(26)25(27)19-6-5-7-20(14-19)30-16(2)3/h5-7,10-11,14-17H,4,8-9,12-13H2,1-3H3. The van der Waals surface area contributed by atoms with E-state index in [1.165, 1.54) is 23.8 Å². The fourth-order valence-electron chi connectivity index (χ4n) is 3.94. The number of rotatable bonds is 8. The molecule has 0 bridgehead atoms. The maximum atomic E-state index is 12.1. The molecule has 0 amide bonds. The van der Waals surface area contributed by atoms with Crippen molar-refractivity contribution in [2.75, 3.05) is 6.61 Å². The van der Waals surface area contributed by atoms with Crippen molar-refractivity contribution in [3.05, 3.63) is 52.5 Å². The molecule has 0 saturated heterocycles. The fourth-order valence-corrected chi connectivity index (χ4v) is 4.70. The number of carbonyl (C=O) groups is 1. The second-order valence-corrected chi connectivity index (χ2v) is 8.91. The minimum Gasteiger partial charge on any atom is -0.491 e. The molecule has 4 nitrogen and oxygen atoms in total. The number of aromatic nitrogens is 1. The van der Waals surface area contributed by atoms with E-state index < -0.39 is 0 Å². The van der Waals surface area contributed by atoms with Crippen molar-refractivity contribution in [2.24, 2.45) is 0 Å². The number of aryl methyl sites for hydroxylation is 1. The van der Waals surface area contributed by atoms with E-state index in [2.05, 4.69) is 50.8 Å². The molecule has 1 saturated carbocycles. The van der Waals surface area contributed by atoms with Gasteiger partial charge in [0.05, 0.1) is 29.3 Å². The largest absolute Gasteiger partial charge is 0.491 e. The van der Waals surface area contributed by atoms with E-state index in [-0.39, 0.29) is 12.1 Å². The molecule has 0 atom stereocenters. The molecule has 3 aromatic rings. The summed E-state index contributed by atoms with van der Waals surface area (Å²) in [5.74, 6) is 1.36. The van der Waals surface area contributed by atoms with Gasteiger partial charge < -0.3 is 14.0 Å². The van der Waals surface area contributed by atoms with Crippen LogP contribution in [-0.4, -0.2) is 23.2 Å². The van der Waals surface area contributed by atoms with Gasteiger partial charge in [-0.05, 0) is 85.3 Å². The van der Waals surface area contributed by atoms with E-state index in [0.29, 0.717) is 25.5 Å². The molecule has 30 heavy (non-hydrogen) atoms. The van der Waals surface area contributed by atoms with Crippen LogP contribution in [0.25, 0.3) is 22.2 Å². The Kier molecular flexibility index (Phi) is 6.19. The number of carbonyl (C=O) groups excluding carboxylic acids is 1. The maximum Gasteiger partial charge on any atom is 0.307 e. The van der Waals surface area contributed by atoms with Gasteiger partial charge in [-0.25, -0.2) is 0 Å². The number of ether oxygens (including phenoxy) is 2. The van der Waals surface area contributed by atoms with Crippen LogP contribution in [0, 0.1) is 0 Å². The predicted octanol–water partition coefficient (Wildman–Crippen LogP) is 6.69. The zero-order chi connectivity index (χ0) is 21.3. The Morgan fingerprint density at radius 3 is 2.70 bits per heavy atom. The summed E-state index contributed by atoms with van der Waals surface area (Å²) in [4.78, 5) is 12.1. The topological polar surface area (TPSA) is 40.5 Å². The number of hydrogen-bond donors (Lipinski definition) is 0. The van der Waals surface area contributed by atoms with Crippen LogP contribution < -0.4 is 4.74 Å². The minimum atomic E-state index is -0.173. The van der Waals surface area contributed by atoms with Gasteiger partial charge in [-0.1, -0.05) is 18.2 Å². The van der Waals surface area contributed by atoms with E-state index in [9.17, 15) is 4.79 Å². The second kappa shape index (κ2) is 8.84. The Balaban J connectivity index is 1.80. The summed E-state index contributed by atoms with van der Waals surface area (Å²) < 4.78 is 14.4. The lowest BCUT2D eigenvalue weighted by Gasteiger charge is -2.14. The molecule has 158 valence electrons. The average Bonchev–Trinajstić information content (AvgIpc) is 3.52. The molecule has 5 heteroatoms. The molecular formula is C25H28BrNO3. The zero-order valence-electron chi connectivity index (χ0n) is 17.8. The summed E-state index contributed by atoms with van der Waals surface area (Å²) in [6.07, 6.45) is 2.99. The Labute approximate surface area is 186 Å². The van der Waals surface area contributed by atoms with Gasteiger partial charge in [0.2, 0.25) is 0 Å². The van der Waals surface area contributed by atoms with Gasteiger partial charge in [0.15, 0.2) is 0 Å². The van der Waals surface area contributed by atoms with Crippen LogP contribution in [0.3, 0.4) is 0 Å². The highest BCUT2D eigenvalue weighted by Crippen LogP contribution is 2.44. The summed E-state index contributed by atoms with van der Waals surface area (Å²) in [6, 6.07) is 14.9. The van der Waals surface area contributed by atoms with E-state index >= 15 is 0 Å². The number of esters is 1. The molecule has 0 radical (unpaired) electrons. The zero-order valence-corrected chi connectivity index (χ0v) is 19.4. The molecule has 0 aliphatic heterocycles. The van der Waals surface area contributed by atoms with Gasteiger partial charge in [0.1, 0.15) is 5.75 Å². The van der Waals surface area contributed by atoms with Gasteiger partial charge in [-0.2, -0.15) is 0 Å². The quantitative estimate of drug-likeness (QED) is 0.345. The van der Waals surface area contributed by atoms with E-state index in [0.717, 1.165) is 27.0 Å². The monoisotopic (exact) mass is 469 g/mol. The molecule has 1 aliphatic carbocycles. The van der Waals surface area contributed by atoms with E-state index in [1.54, 1.807) is 0 Å². The SMILES string of the molecule is CCOC(=O)CCn1c(-c2cccc(OC(C)C)c2)c(Br)c2cc(C3CC3)ccc21.